The van der Waals surface area contributed by atoms with E-state index in [2.05, 4.69) is 15.0 Å². The second kappa shape index (κ2) is 24.8. The first-order valence-electron chi connectivity index (χ1n) is 21.7. The molecule has 10 atom stereocenters. The largest absolute Gasteiger partial charge is 0.462 e. The van der Waals surface area contributed by atoms with Crippen molar-refractivity contribution in [3.8, 4) is 23.2 Å². The third-order valence-corrected chi connectivity index (χ3v) is 11.7. The monoisotopic (exact) mass is 882 g/mol. The number of cyclic esters (lactones) is 1. The first kappa shape index (κ1) is 50.7. The number of nitrogens with zero attached hydrogens (tertiary/aromatic N) is 4. The van der Waals surface area contributed by atoms with Gasteiger partial charge in [0.2, 0.25) is 17.7 Å². The fourth-order valence-electron chi connectivity index (χ4n) is 7.67. The molecule has 0 aliphatic carbocycles. The Labute approximate surface area is 369 Å². The van der Waals surface area contributed by atoms with E-state index in [0.717, 1.165) is 0 Å². The number of carbonyl (C=O) groups is 4. The molecule has 4 heterocycles. The Kier molecular flexibility index (Phi) is 19.9. The molecule has 0 radical (unpaired) electrons. The average Bonchev–Trinajstić information content (AvgIpc) is 4.05. The minimum Gasteiger partial charge on any atom is -0.462 e. The van der Waals surface area contributed by atoms with E-state index in [9.17, 15) is 29.4 Å². The van der Waals surface area contributed by atoms with Crippen LogP contribution in [0.4, 0.5) is 0 Å². The zero-order valence-electron chi connectivity index (χ0n) is 38.1. The van der Waals surface area contributed by atoms with Gasteiger partial charge in [0.25, 0.3) is 0 Å². The third-order valence-electron chi connectivity index (χ3n) is 11.7. The number of aliphatic hydroxyl groups is 2. The van der Waals surface area contributed by atoms with Crippen molar-refractivity contribution in [2.75, 3.05) is 28.0 Å². The molecule has 348 valence electrons. The lowest BCUT2D eigenvalue weighted by Gasteiger charge is -2.34. The van der Waals surface area contributed by atoms with Gasteiger partial charge in [-0.25, -0.2) is 15.0 Å². The molecule has 17 heteroatoms. The molecule has 0 saturated heterocycles. The summed E-state index contributed by atoms with van der Waals surface area (Å²) < 4.78 is 40.6. The summed E-state index contributed by atoms with van der Waals surface area (Å²) in [5.74, 6) is -2.13. The number of Topliss-reactive ketones (excluding diaryl/α,β-unsaturated/α-hetero) is 2. The molecule has 0 amide bonds. The van der Waals surface area contributed by atoms with E-state index in [4.69, 9.17) is 32.2 Å². The Bertz CT molecular complexity index is 1970. The summed E-state index contributed by atoms with van der Waals surface area (Å²) in [6, 6.07) is 0. The molecule has 0 aromatic carbocycles. The van der Waals surface area contributed by atoms with E-state index in [1.165, 1.54) is 25.7 Å². The van der Waals surface area contributed by atoms with Crippen LogP contribution in [0.5, 0.6) is 0 Å². The normalized spacial score (nSPS) is 23.2. The van der Waals surface area contributed by atoms with Crippen molar-refractivity contribution in [2.45, 2.75) is 136 Å². The van der Waals surface area contributed by atoms with Gasteiger partial charge in [0.1, 0.15) is 49.3 Å². The van der Waals surface area contributed by atoms with Crippen molar-refractivity contribution >= 4 is 29.6 Å². The van der Waals surface area contributed by atoms with Crippen LogP contribution in [0.25, 0.3) is 29.2 Å². The molecule has 3 aromatic rings. The van der Waals surface area contributed by atoms with Crippen molar-refractivity contribution < 1.29 is 61.6 Å². The highest BCUT2D eigenvalue weighted by Gasteiger charge is 2.35. The van der Waals surface area contributed by atoms with Crippen LogP contribution < -0.4 is 0 Å². The Hall–Kier alpha value is -4.97. The number of aliphatic hydroxyl groups excluding tert-OH is 2. The first-order chi connectivity index (χ1) is 30.0. The van der Waals surface area contributed by atoms with Crippen LogP contribution in [0.15, 0.2) is 50.4 Å². The number of hydrogen-bond donors (Lipinski definition) is 2. The topological polar surface area (TPSA) is 227 Å². The number of ketones is 2. The highest BCUT2D eigenvalue weighted by Crippen LogP contribution is 2.31. The number of fused-ring (bicyclic) bond motifs is 8. The van der Waals surface area contributed by atoms with Crippen LogP contribution in [0.2, 0.25) is 0 Å². The Balaban J connectivity index is 1.51. The maximum Gasteiger partial charge on any atom is 0.308 e. The number of carbonyl (C=O) groups excluding carboxylic acids is 4. The minimum atomic E-state index is -1.03. The number of esters is 2. The van der Waals surface area contributed by atoms with Gasteiger partial charge < -0.3 is 47.3 Å². The predicted octanol–water partition coefficient (Wildman–Crippen LogP) is 6.94. The number of methoxy groups -OCH3 is 2. The SMILES string of the molecule is CO[C@H]1CC=Cc2nc(co2)-c2nc(co2)-c2nc(co2)[C@@H](C)CC(=O)CCC[C@H](O)CC(=O)O[C@@H](C[C@H](OC)[C@@H](C)CCC(=O)[C@@H](C)[C@H](OC(C)=O)[C@H](C)/C=C\N(C)CO)[C@@H]1C. The van der Waals surface area contributed by atoms with Crippen LogP contribution in [0.3, 0.4) is 0 Å². The van der Waals surface area contributed by atoms with Crippen molar-refractivity contribution in [3.63, 3.8) is 0 Å². The van der Waals surface area contributed by atoms with Crippen LogP contribution in [-0.4, -0.2) is 112 Å². The fraction of sp³-hybridized carbons (Fsp3) is 0.630. The summed E-state index contributed by atoms with van der Waals surface area (Å²) in [5.41, 5.74) is 1.30. The predicted molar refractivity (Wildman–Crippen MR) is 230 cm³/mol. The molecule has 1 aliphatic rings. The quantitative estimate of drug-likeness (QED) is 0.116. The first-order valence-corrected chi connectivity index (χ1v) is 21.7. The van der Waals surface area contributed by atoms with Crippen molar-refractivity contribution in [3.05, 3.63) is 48.7 Å². The molecule has 0 unspecified atom stereocenters. The highest BCUT2D eigenvalue weighted by molar-refractivity contribution is 5.82. The molecule has 6 bridgehead atoms. The average molecular weight is 883 g/mol. The van der Waals surface area contributed by atoms with Gasteiger partial charge >= 0.3 is 11.9 Å². The Morgan fingerprint density at radius 3 is 2.40 bits per heavy atom. The number of oxazole rings is 3. The standard InChI is InChI=1S/C46H66N4O13/c1-27(16-17-38(55)30(4)44(62-32(6)52)28(2)18-19-50(7)26-51)40(58-9)22-41-31(5)39(57-8)14-11-15-42-47-36(24-59-42)45-49-37(25-61-45)46-48-35(23-60-46)29(3)20-33(53)12-10-13-34(54)21-43(56)63-41/h11,15,18-19,23-25,27-31,34,39-41,44,51,54H,10,12-14,16-17,20-22,26H2,1-9H3/b15-11?,19-18-/t27-,28+,29-,30+,31+,34-,39-,40-,41-,44+/m0/s1. The maximum atomic E-state index is 13.6. The second-order valence-electron chi connectivity index (χ2n) is 16.8. The minimum absolute atomic E-state index is 0.0138. The second-order valence-corrected chi connectivity index (χ2v) is 16.8. The lowest BCUT2D eigenvalue weighted by Crippen LogP contribution is -2.39. The lowest BCUT2D eigenvalue weighted by molar-refractivity contribution is -0.160. The van der Waals surface area contributed by atoms with Crippen molar-refractivity contribution in [1.29, 1.82) is 0 Å². The Morgan fingerprint density at radius 1 is 1.00 bits per heavy atom. The van der Waals surface area contributed by atoms with Gasteiger partial charge in [-0.1, -0.05) is 46.8 Å². The van der Waals surface area contributed by atoms with Gasteiger partial charge in [-0.15, -0.1) is 0 Å². The van der Waals surface area contributed by atoms with E-state index in [0.29, 0.717) is 42.2 Å². The summed E-state index contributed by atoms with van der Waals surface area (Å²) in [6.07, 6.45) is 10.1. The zero-order valence-corrected chi connectivity index (χ0v) is 38.1. The summed E-state index contributed by atoms with van der Waals surface area (Å²) in [4.78, 5) is 67.1. The van der Waals surface area contributed by atoms with E-state index in [1.54, 1.807) is 51.4 Å². The molecule has 1 aliphatic heterocycles. The molecule has 0 fully saturated rings. The third kappa shape index (κ3) is 15.4. The zero-order chi connectivity index (χ0) is 46.2. The number of aromatic nitrogens is 3. The van der Waals surface area contributed by atoms with Crippen LogP contribution >= 0.6 is 0 Å². The molecule has 17 nitrogen and oxygen atoms in total. The van der Waals surface area contributed by atoms with Gasteiger partial charge in [-0.2, -0.15) is 0 Å². The van der Waals surface area contributed by atoms with E-state index >= 15 is 0 Å². The van der Waals surface area contributed by atoms with Gasteiger partial charge in [0.05, 0.1) is 36.3 Å². The molecular weight excluding hydrogens is 817 g/mol. The molecule has 0 spiro atoms. The molecule has 63 heavy (non-hydrogen) atoms. The van der Waals surface area contributed by atoms with Gasteiger partial charge in [-0.3, -0.25) is 19.2 Å². The van der Waals surface area contributed by atoms with Crippen LogP contribution in [-0.2, 0) is 38.1 Å². The summed E-state index contributed by atoms with van der Waals surface area (Å²) in [5, 5.41) is 20.2. The molecule has 4 rings (SSSR count). The Morgan fingerprint density at radius 2 is 1.70 bits per heavy atom. The van der Waals surface area contributed by atoms with Crippen molar-refractivity contribution in [2.24, 2.45) is 23.7 Å². The van der Waals surface area contributed by atoms with Gasteiger partial charge in [0.15, 0.2) is 11.4 Å². The van der Waals surface area contributed by atoms with Crippen LogP contribution in [0, 0.1) is 23.7 Å². The van der Waals surface area contributed by atoms with Crippen LogP contribution in [0.1, 0.15) is 117 Å². The van der Waals surface area contributed by atoms with Gasteiger partial charge in [-0.05, 0) is 43.9 Å². The van der Waals surface area contributed by atoms with E-state index in [1.807, 2.05) is 33.8 Å². The van der Waals surface area contributed by atoms with Crippen molar-refractivity contribution in [1.82, 2.24) is 19.9 Å². The summed E-state index contributed by atoms with van der Waals surface area (Å²) in [7, 11) is 4.85. The number of ether oxygens (including phenoxy) is 4. The van der Waals surface area contributed by atoms with Gasteiger partial charge in [0, 0.05) is 71.6 Å². The lowest BCUT2D eigenvalue weighted by atomic mass is 9.84. The van der Waals surface area contributed by atoms with E-state index in [-0.39, 0.29) is 92.3 Å². The smallest absolute Gasteiger partial charge is 0.308 e. The fourth-order valence-corrected chi connectivity index (χ4v) is 7.67. The highest BCUT2D eigenvalue weighted by atomic mass is 16.6. The molecule has 2 N–H and O–H groups in total. The molecular formula is C46H66N4O13. The number of rotatable bonds is 15. The maximum absolute atomic E-state index is 13.6. The number of hydrogen-bond acceptors (Lipinski definition) is 17. The summed E-state index contributed by atoms with van der Waals surface area (Å²) >= 11 is 0. The molecule has 3 aromatic heterocycles. The summed E-state index contributed by atoms with van der Waals surface area (Å²) in [6.45, 7) is 10.5. The van der Waals surface area contributed by atoms with E-state index < -0.39 is 48.4 Å². The molecule has 0 saturated carbocycles.